The number of hydrogen-bond acceptors (Lipinski definition) is 3. The Hall–Kier alpha value is -0.610. The highest BCUT2D eigenvalue weighted by atomic mass is 16.5. The van der Waals surface area contributed by atoms with Gasteiger partial charge in [0.05, 0.1) is 13.2 Å². The molecule has 1 N–H and O–H groups in total. The van der Waals surface area contributed by atoms with Crippen LogP contribution in [-0.4, -0.2) is 50.7 Å². The maximum Gasteiger partial charge on any atom is 0.234 e. The van der Waals surface area contributed by atoms with E-state index in [9.17, 15) is 4.79 Å². The van der Waals surface area contributed by atoms with Crippen molar-refractivity contribution in [1.82, 2.24) is 10.2 Å². The summed E-state index contributed by atoms with van der Waals surface area (Å²) in [6.07, 6.45) is 6.44. The first-order valence-electron chi connectivity index (χ1n) is 7.20. The fourth-order valence-electron chi connectivity index (χ4n) is 2.23. The fourth-order valence-corrected chi connectivity index (χ4v) is 2.23. The molecule has 1 aliphatic rings. The second-order valence-electron chi connectivity index (χ2n) is 4.55. The molecule has 1 amide bonds. The summed E-state index contributed by atoms with van der Waals surface area (Å²) >= 11 is 0. The summed E-state index contributed by atoms with van der Waals surface area (Å²) in [7, 11) is 3.69. The third-order valence-corrected chi connectivity index (χ3v) is 3.22. The number of carbonyl (C=O) groups excluding carboxylic acids is 1. The molecular weight excluding hydrogens is 228 g/mol. The van der Waals surface area contributed by atoms with Crippen molar-refractivity contribution >= 4 is 5.91 Å². The van der Waals surface area contributed by atoms with Crippen molar-refractivity contribution in [2.45, 2.75) is 52.0 Å². The van der Waals surface area contributed by atoms with Gasteiger partial charge in [-0.05, 0) is 19.9 Å². The summed E-state index contributed by atoms with van der Waals surface area (Å²) in [5.74, 6) is 0.102. The maximum atomic E-state index is 11.6. The van der Waals surface area contributed by atoms with Gasteiger partial charge in [-0.15, -0.1) is 0 Å². The van der Waals surface area contributed by atoms with Gasteiger partial charge in [-0.3, -0.25) is 9.69 Å². The van der Waals surface area contributed by atoms with Crippen LogP contribution in [0.4, 0.5) is 0 Å². The van der Waals surface area contributed by atoms with E-state index in [1.165, 1.54) is 32.1 Å². The van der Waals surface area contributed by atoms with Gasteiger partial charge in [0.25, 0.3) is 0 Å². The normalized spacial score (nSPS) is 16.1. The lowest BCUT2D eigenvalue weighted by atomic mass is 9.94. The summed E-state index contributed by atoms with van der Waals surface area (Å²) < 4.78 is 4.89. The third-order valence-electron chi connectivity index (χ3n) is 3.22. The lowest BCUT2D eigenvalue weighted by molar-refractivity contribution is -0.122. The predicted octanol–water partition coefficient (Wildman–Crippen LogP) is 2.04. The minimum absolute atomic E-state index is 0.102. The standard InChI is InChI=1S/C12H24N2O2.C2H6/c1-14(11-6-4-3-5-7-11)10-12(15)13-8-9-16-2;1-2/h11H,3-10H2,1-2H3,(H,13,15);1-2H3. The minimum atomic E-state index is 0.102. The van der Waals surface area contributed by atoms with E-state index in [0.29, 0.717) is 25.7 Å². The van der Waals surface area contributed by atoms with Gasteiger partial charge in [0.2, 0.25) is 5.91 Å². The molecule has 0 aromatic rings. The van der Waals surface area contributed by atoms with Crippen LogP contribution in [0.2, 0.25) is 0 Å². The Balaban J connectivity index is 0.00000137. The van der Waals surface area contributed by atoms with Crippen molar-refractivity contribution in [3.05, 3.63) is 0 Å². The van der Waals surface area contributed by atoms with Gasteiger partial charge >= 0.3 is 0 Å². The van der Waals surface area contributed by atoms with Crippen LogP contribution in [-0.2, 0) is 9.53 Å². The number of carbonyl (C=O) groups is 1. The number of rotatable bonds is 6. The summed E-state index contributed by atoms with van der Waals surface area (Å²) in [6.45, 7) is 5.70. The summed E-state index contributed by atoms with van der Waals surface area (Å²) in [5.41, 5.74) is 0. The summed E-state index contributed by atoms with van der Waals surface area (Å²) in [6, 6.07) is 0.599. The molecule has 1 rings (SSSR count). The van der Waals surface area contributed by atoms with Gasteiger partial charge in [0.1, 0.15) is 0 Å². The van der Waals surface area contributed by atoms with Crippen molar-refractivity contribution in [3.8, 4) is 0 Å². The van der Waals surface area contributed by atoms with Gasteiger partial charge in [0.15, 0.2) is 0 Å². The number of nitrogens with zero attached hydrogens (tertiary/aromatic N) is 1. The van der Waals surface area contributed by atoms with E-state index in [0.717, 1.165) is 0 Å². The highest BCUT2D eigenvalue weighted by Crippen LogP contribution is 2.21. The molecule has 0 heterocycles. The van der Waals surface area contributed by atoms with Gasteiger partial charge < -0.3 is 10.1 Å². The SMILES string of the molecule is CC.COCCNC(=O)CN(C)C1CCCCC1. The maximum absolute atomic E-state index is 11.6. The Bertz CT molecular complexity index is 204. The molecule has 1 saturated carbocycles. The Labute approximate surface area is 112 Å². The first-order valence-corrected chi connectivity index (χ1v) is 7.20. The molecule has 0 spiro atoms. The van der Waals surface area contributed by atoms with Gasteiger partial charge in [-0.25, -0.2) is 0 Å². The summed E-state index contributed by atoms with van der Waals surface area (Å²) in [5, 5.41) is 2.85. The fraction of sp³-hybridized carbons (Fsp3) is 0.929. The van der Waals surface area contributed by atoms with Crippen LogP contribution >= 0.6 is 0 Å². The number of amides is 1. The molecular formula is C14H30N2O2. The average molecular weight is 258 g/mol. The largest absolute Gasteiger partial charge is 0.383 e. The van der Waals surface area contributed by atoms with E-state index in [1.807, 2.05) is 20.9 Å². The zero-order chi connectivity index (χ0) is 13.8. The zero-order valence-corrected chi connectivity index (χ0v) is 12.5. The molecule has 108 valence electrons. The molecule has 4 heteroatoms. The van der Waals surface area contributed by atoms with Crippen LogP contribution in [0.25, 0.3) is 0 Å². The molecule has 1 aliphatic carbocycles. The van der Waals surface area contributed by atoms with Crippen LogP contribution in [0.3, 0.4) is 0 Å². The van der Waals surface area contributed by atoms with Crippen LogP contribution in [0, 0.1) is 0 Å². The molecule has 18 heavy (non-hydrogen) atoms. The topological polar surface area (TPSA) is 41.6 Å². The predicted molar refractivity (Wildman–Crippen MR) is 75.7 cm³/mol. The molecule has 0 aromatic heterocycles. The smallest absolute Gasteiger partial charge is 0.234 e. The second kappa shape index (κ2) is 11.5. The Morgan fingerprint density at radius 1 is 1.28 bits per heavy atom. The quantitative estimate of drug-likeness (QED) is 0.741. The molecule has 4 nitrogen and oxygen atoms in total. The number of likely N-dealkylation sites (N-methyl/N-ethyl adjacent to an activating group) is 1. The van der Waals surface area contributed by atoms with E-state index in [4.69, 9.17) is 4.74 Å². The molecule has 0 aromatic carbocycles. The first-order chi connectivity index (χ1) is 8.74. The van der Waals surface area contributed by atoms with Crippen molar-refractivity contribution < 1.29 is 9.53 Å². The zero-order valence-electron chi connectivity index (χ0n) is 12.5. The highest BCUT2D eigenvalue weighted by molar-refractivity contribution is 5.77. The van der Waals surface area contributed by atoms with Crippen LogP contribution in [0.1, 0.15) is 46.0 Å². The first kappa shape index (κ1) is 17.4. The summed E-state index contributed by atoms with van der Waals surface area (Å²) in [4.78, 5) is 13.7. The van der Waals surface area contributed by atoms with Crippen LogP contribution < -0.4 is 5.32 Å². The van der Waals surface area contributed by atoms with E-state index in [-0.39, 0.29) is 5.91 Å². The number of methoxy groups -OCH3 is 1. The molecule has 1 fully saturated rings. The van der Waals surface area contributed by atoms with Gasteiger partial charge in [-0.2, -0.15) is 0 Å². The van der Waals surface area contributed by atoms with Crippen LogP contribution in [0.15, 0.2) is 0 Å². The lowest BCUT2D eigenvalue weighted by Gasteiger charge is -2.30. The van der Waals surface area contributed by atoms with Gasteiger partial charge in [-0.1, -0.05) is 33.1 Å². The van der Waals surface area contributed by atoms with Crippen molar-refractivity contribution in [2.24, 2.45) is 0 Å². The highest BCUT2D eigenvalue weighted by Gasteiger charge is 2.19. The number of hydrogen-bond donors (Lipinski definition) is 1. The van der Waals surface area contributed by atoms with E-state index in [1.54, 1.807) is 7.11 Å². The molecule has 0 atom stereocenters. The Morgan fingerprint density at radius 3 is 2.44 bits per heavy atom. The molecule has 0 aliphatic heterocycles. The monoisotopic (exact) mass is 258 g/mol. The lowest BCUT2D eigenvalue weighted by Crippen LogP contribution is -2.42. The Kier molecular flexibility index (Phi) is 11.1. The molecule has 0 bridgehead atoms. The Morgan fingerprint density at radius 2 is 1.89 bits per heavy atom. The van der Waals surface area contributed by atoms with Crippen molar-refractivity contribution in [2.75, 3.05) is 33.9 Å². The van der Waals surface area contributed by atoms with Crippen molar-refractivity contribution in [1.29, 1.82) is 0 Å². The number of ether oxygens (including phenoxy) is 1. The average Bonchev–Trinajstić information content (AvgIpc) is 2.42. The molecule has 0 radical (unpaired) electrons. The van der Waals surface area contributed by atoms with E-state index >= 15 is 0 Å². The van der Waals surface area contributed by atoms with E-state index in [2.05, 4.69) is 10.2 Å². The van der Waals surface area contributed by atoms with Crippen molar-refractivity contribution in [3.63, 3.8) is 0 Å². The second-order valence-corrected chi connectivity index (χ2v) is 4.55. The van der Waals surface area contributed by atoms with Crippen LogP contribution in [0.5, 0.6) is 0 Å². The minimum Gasteiger partial charge on any atom is -0.383 e. The van der Waals surface area contributed by atoms with Gasteiger partial charge in [0, 0.05) is 19.7 Å². The van der Waals surface area contributed by atoms with E-state index < -0.39 is 0 Å². The third kappa shape index (κ3) is 7.67. The molecule has 0 saturated heterocycles. The molecule has 0 unspecified atom stereocenters. The number of nitrogens with one attached hydrogen (secondary N) is 1.